The number of methoxy groups -OCH3 is 1. The molecule has 6 heteroatoms. The molecule has 0 saturated carbocycles. The molecule has 0 amide bonds. The van der Waals surface area contributed by atoms with Crippen LogP contribution in [0.3, 0.4) is 0 Å². The van der Waals surface area contributed by atoms with Gasteiger partial charge in [0.05, 0.1) is 29.0 Å². The summed E-state index contributed by atoms with van der Waals surface area (Å²) in [6.07, 6.45) is 5.38. The van der Waals surface area contributed by atoms with Crippen LogP contribution in [0, 0.1) is 0 Å². The first-order valence-corrected chi connectivity index (χ1v) is 8.01. The molecule has 2 aromatic rings. The summed E-state index contributed by atoms with van der Waals surface area (Å²) in [5, 5.41) is 6.66. The first kappa shape index (κ1) is 14.3. The van der Waals surface area contributed by atoms with Gasteiger partial charge in [0.25, 0.3) is 0 Å². The Morgan fingerprint density at radius 2 is 2.32 bits per heavy atom. The first-order chi connectivity index (χ1) is 9.20. The Bertz CT molecular complexity index is 558. The molecule has 1 unspecified atom stereocenters. The number of hydrogen-bond donors (Lipinski definition) is 1. The number of nitrogens with one attached hydrogen (secondary N) is 1. The Morgan fingerprint density at radius 3 is 3.00 bits per heavy atom. The van der Waals surface area contributed by atoms with Crippen LogP contribution in [0.15, 0.2) is 40.0 Å². The largest absolute Gasteiger partial charge is 0.495 e. The minimum absolute atomic E-state index is 0.609. The quantitative estimate of drug-likeness (QED) is 0.877. The molecule has 1 N–H and O–H groups in total. The monoisotopic (exact) mass is 342 g/mol. The molecule has 1 aromatic heterocycles. The second-order valence-electron chi connectivity index (χ2n) is 4.05. The summed E-state index contributed by atoms with van der Waals surface area (Å²) in [6.45, 7) is 0. The summed E-state index contributed by atoms with van der Waals surface area (Å²) in [5.41, 5.74) is 1.14. The Hall–Kier alpha value is -1.14. The van der Waals surface area contributed by atoms with Gasteiger partial charge in [-0.05, 0) is 36.6 Å². The number of halogens is 1. The number of hydrogen-bond acceptors (Lipinski definition) is 3. The molecule has 1 aromatic carbocycles. The van der Waals surface area contributed by atoms with Gasteiger partial charge in [0, 0.05) is 16.4 Å². The van der Waals surface area contributed by atoms with Crippen molar-refractivity contribution in [1.29, 1.82) is 0 Å². The van der Waals surface area contributed by atoms with Gasteiger partial charge < -0.3 is 4.74 Å². The Labute approximate surface area is 123 Å². The number of rotatable bonds is 6. The van der Waals surface area contributed by atoms with E-state index in [1.807, 2.05) is 24.4 Å². The summed E-state index contributed by atoms with van der Waals surface area (Å²) in [7, 11) is 0.540. The number of aromatic amines is 1. The Kier molecular flexibility index (Phi) is 5.15. The second-order valence-corrected chi connectivity index (χ2v) is 6.51. The topological polar surface area (TPSA) is 55.0 Å². The molecule has 102 valence electrons. The van der Waals surface area contributed by atoms with E-state index in [4.69, 9.17) is 4.74 Å². The molecule has 1 heterocycles. The number of benzene rings is 1. The third kappa shape index (κ3) is 3.91. The summed E-state index contributed by atoms with van der Waals surface area (Å²) < 4.78 is 18.4. The molecule has 0 bridgehead atoms. The molecule has 4 nitrogen and oxygen atoms in total. The molecule has 1 atom stereocenters. The first-order valence-electron chi connectivity index (χ1n) is 5.90. The molecule has 0 aliphatic rings. The van der Waals surface area contributed by atoms with Gasteiger partial charge in [0.15, 0.2) is 0 Å². The van der Waals surface area contributed by atoms with Crippen molar-refractivity contribution in [2.24, 2.45) is 0 Å². The van der Waals surface area contributed by atoms with E-state index in [0.29, 0.717) is 11.5 Å². The molecular formula is C13H15BrN2O2S. The predicted octanol–water partition coefficient (Wildman–Crippen LogP) is 2.92. The van der Waals surface area contributed by atoms with Gasteiger partial charge in [-0.2, -0.15) is 5.10 Å². The van der Waals surface area contributed by atoms with E-state index in [0.717, 1.165) is 27.8 Å². The van der Waals surface area contributed by atoms with Crippen molar-refractivity contribution in [3.8, 4) is 5.75 Å². The number of H-pyrrole nitrogens is 1. The highest BCUT2D eigenvalue weighted by Crippen LogP contribution is 2.26. The fourth-order valence-corrected chi connectivity index (χ4v) is 3.53. The zero-order valence-electron chi connectivity index (χ0n) is 10.6. The minimum Gasteiger partial charge on any atom is -0.495 e. The van der Waals surface area contributed by atoms with Gasteiger partial charge >= 0.3 is 0 Å². The summed E-state index contributed by atoms with van der Waals surface area (Å²) >= 11 is 3.39. The minimum atomic E-state index is -1.05. The maximum absolute atomic E-state index is 12.3. The average Bonchev–Trinajstić information content (AvgIpc) is 2.91. The molecule has 0 aliphatic heterocycles. The van der Waals surface area contributed by atoms with Crippen LogP contribution in [0.5, 0.6) is 5.75 Å². The SMILES string of the molecule is COc1ccc(Br)cc1S(=O)CCCc1cn[nH]c1. The van der Waals surface area contributed by atoms with Gasteiger partial charge in [0.2, 0.25) is 0 Å². The second kappa shape index (κ2) is 6.86. The predicted molar refractivity (Wildman–Crippen MR) is 78.9 cm³/mol. The van der Waals surface area contributed by atoms with Gasteiger partial charge in [-0.1, -0.05) is 15.9 Å². The fourth-order valence-electron chi connectivity index (χ4n) is 1.76. The van der Waals surface area contributed by atoms with Gasteiger partial charge in [-0.25, -0.2) is 0 Å². The van der Waals surface area contributed by atoms with Crippen LogP contribution in [-0.4, -0.2) is 27.3 Å². The molecule has 0 radical (unpaired) electrons. The lowest BCUT2D eigenvalue weighted by Crippen LogP contribution is -2.02. The smallest absolute Gasteiger partial charge is 0.135 e. The highest BCUT2D eigenvalue weighted by molar-refractivity contribution is 9.10. The summed E-state index contributed by atoms with van der Waals surface area (Å²) in [5.74, 6) is 1.28. The van der Waals surface area contributed by atoms with Crippen molar-refractivity contribution in [3.63, 3.8) is 0 Å². The Morgan fingerprint density at radius 1 is 1.47 bits per heavy atom. The third-order valence-electron chi connectivity index (χ3n) is 2.72. The fraction of sp³-hybridized carbons (Fsp3) is 0.308. The number of ether oxygens (including phenoxy) is 1. The van der Waals surface area contributed by atoms with Crippen LogP contribution < -0.4 is 4.74 Å². The zero-order chi connectivity index (χ0) is 13.7. The molecule has 0 aliphatic carbocycles. The van der Waals surface area contributed by atoms with Crippen molar-refractivity contribution in [3.05, 3.63) is 40.6 Å². The highest BCUT2D eigenvalue weighted by atomic mass is 79.9. The van der Waals surface area contributed by atoms with Gasteiger partial charge in [0.1, 0.15) is 5.75 Å². The molecule has 2 rings (SSSR count). The van der Waals surface area contributed by atoms with E-state index in [2.05, 4.69) is 26.1 Å². The Balaban J connectivity index is 1.97. The van der Waals surface area contributed by atoms with Crippen molar-refractivity contribution in [2.75, 3.05) is 12.9 Å². The van der Waals surface area contributed by atoms with E-state index < -0.39 is 10.8 Å². The van der Waals surface area contributed by atoms with Crippen LogP contribution in [-0.2, 0) is 17.2 Å². The number of aromatic nitrogens is 2. The highest BCUT2D eigenvalue weighted by Gasteiger charge is 2.11. The molecule has 0 fully saturated rings. The van der Waals surface area contributed by atoms with Crippen LogP contribution in [0.2, 0.25) is 0 Å². The molecular weight excluding hydrogens is 328 g/mol. The molecule has 0 saturated heterocycles. The van der Waals surface area contributed by atoms with Crippen LogP contribution >= 0.6 is 15.9 Å². The lowest BCUT2D eigenvalue weighted by Gasteiger charge is -2.08. The maximum Gasteiger partial charge on any atom is 0.135 e. The van der Waals surface area contributed by atoms with Crippen molar-refractivity contribution >= 4 is 26.7 Å². The van der Waals surface area contributed by atoms with E-state index in [1.54, 1.807) is 13.3 Å². The standard InChI is InChI=1S/C13H15BrN2O2S/c1-18-12-5-4-11(14)7-13(12)19(17)6-2-3-10-8-15-16-9-10/h4-5,7-9H,2-3,6H2,1H3,(H,15,16). The number of nitrogens with zero attached hydrogens (tertiary/aromatic N) is 1. The lowest BCUT2D eigenvalue weighted by molar-refractivity contribution is 0.404. The van der Waals surface area contributed by atoms with Crippen molar-refractivity contribution in [1.82, 2.24) is 10.2 Å². The van der Waals surface area contributed by atoms with Gasteiger partial charge in [-0.15, -0.1) is 0 Å². The lowest BCUT2D eigenvalue weighted by atomic mass is 10.2. The third-order valence-corrected chi connectivity index (χ3v) is 4.68. The molecule has 19 heavy (non-hydrogen) atoms. The average molecular weight is 343 g/mol. The van der Waals surface area contributed by atoms with Crippen LogP contribution in [0.4, 0.5) is 0 Å². The normalized spacial score (nSPS) is 12.3. The van der Waals surface area contributed by atoms with Crippen molar-refractivity contribution < 1.29 is 8.95 Å². The van der Waals surface area contributed by atoms with Gasteiger partial charge in [-0.3, -0.25) is 9.31 Å². The summed E-state index contributed by atoms with van der Waals surface area (Å²) in [4.78, 5) is 0.740. The van der Waals surface area contributed by atoms with Crippen LogP contribution in [0.1, 0.15) is 12.0 Å². The van der Waals surface area contributed by atoms with E-state index in [-0.39, 0.29) is 0 Å². The molecule has 0 spiro atoms. The van der Waals surface area contributed by atoms with E-state index >= 15 is 0 Å². The zero-order valence-corrected chi connectivity index (χ0v) is 13.0. The van der Waals surface area contributed by atoms with Crippen LogP contribution in [0.25, 0.3) is 0 Å². The van der Waals surface area contributed by atoms with E-state index in [9.17, 15) is 4.21 Å². The maximum atomic E-state index is 12.3. The van der Waals surface area contributed by atoms with Crippen molar-refractivity contribution in [2.45, 2.75) is 17.7 Å². The number of aryl methyl sites for hydroxylation is 1. The van der Waals surface area contributed by atoms with E-state index in [1.165, 1.54) is 0 Å². The summed E-state index contributed by atoms with van der Waals surface area (Å²) in [6, 6.07) is 5.56.